The second-order valence-corrected chi connectivity index (χ2v) is 4.34. The highest BCUT2D eigenvalue weighted by molar-refractivity contribution is 5.86. The Morgan fingerprint density at radius 2 is 1.94 bits per heavy atom. The largest absolute Gasteiger partial charge is 0.460 e. The average molecular weight is 242 g/mol. The van der Waals surface area contributed by atoms with E-state index in [9.17, 15) is 4.79 Å². The summed E-state index contributed by atoms with van der Waals surface area (Å²) in [5.41, 5.74) is 0.433. The lowest BCUT2D eigenvalue weighted by molar-refractivity contribution is -0.143. The summed E-state index contributed by atoms with van der Waals surface area (Å²) >= 11 is 0. The maximum Gasteiger partial charge on any atom is 0.333 e. The molecule has 0 rings (SSSR count). The van der Waals surface area contributed by atoms with E-state index in [0.717, 1.165) is 19.4 Å². The first-order chi connectivity index (χ1) is 8.11. The van der Waals surface area contributed by atoms with Gasteiger partial charge in [0.15, 0.2) is 0 Å². The van der Waals surface area contributed by atoms with Gasteiger partial charge < -0.3 is 9.47 Å². The van der Waals surface area contributed by atoms with Gasteiger partial charge in [0.1, 0.15) is 6.61 Å². The molecule has 0 aromatic carbocycles. The zero-order valence-electron chi connectivity index (χ0n) is 11.5. The van der Waals surface area contributed by atoms with Gasteiger partial charge in [0.25, 0.3) is 0 Å². The monoisotopic (exact) mass is 242 g/mol. The van der Waals surface area contributed by atoms with Gasteiger partial charge in [-0.05, 0) is 19.8 Å². The van der Waals surface area contributed by atoms with Crippen LogP contribution in [0.5, 0.6) is 0 Å². The lowest BCUT2D eigenvalue weighted by atomic mass is 10.2. The van der Waals surface area contributed by atoms with Gasteiger partial charge in [0.2, 0.25) is 0 Å². The molecule has 0 aliphatic heterocycles. The van der Waals surface area contributed by atoms with Crippen molar-refractivity contribution in [3.05, 3.63) is 12.2 Å². The molecular weight excluding hydrogens is 216 g/mol. The van der Waals surface area contributed by atoms with Gasteiger partial charge in [-0.25, -0.2) is 4.79 Å². The highest BCUT2D eigenvalue weighted by Gasteiger charge is 2.10. The minimum absolute atomic E-state index is 0.0138. The fraction of sp³-hybridized carbons (Fsp3) is 0.786. The number of unbranched alkanes of at least 4 members (excludes halogenated alkanes) is 3. The normalized spacial score (nSPS) is 12.2. The van der Waals surface area contributed by atoms with E-state index >= 15 is 0 Å². The summed E-state index contributed by atoms with van der Waals surface area (Å²) in [6, 6.07) is 0. The van der Waals surface area contributed by atoms with E-state index in [1.807, 2.05) is 6.92 Å². The SMILES string of the molecule is C=C(C)C(=O)OCC(CC)OCCCCCC. The van der Waals surface area contributed by atoms with Gasteiger partial charge in [0.05, 0.1) is 6.10 Å². The molecule has 100 valence electrons. The Balaban J connectivity index is 3.62. The summed E-state index contributed by atoms with van der Waals surface area (Å²) in [5, 5.41) is 0. The molecule has 0 spiro atoms. The van der Waals surface area contributed by atoms with E-state index in [1.165, 1.54) is 19.3 Å². The van der Waals surface area contributed by atoms with Crippen LogP contribution in [0.15, 0.2) is 12.2 Å². The van der Waals surface area contributed by atoms with Crippen molar-refractivity contribution in [2.24, 2.45) is 0 Å². The van der Waals surface area contributed by atoms with Crippen molar-refractivity contribution in [3.63, 3.8) is 0 Å². The van der Waals surface area contributed by atoms with E-state index in [0.29, 0.717) is 12.2 Å². The zero-order valence-corrected chi connectivity index (χ0v) is 11.5. The minimum Gasteiger partial charge on any atom is -0.460 e. The standard InChI is InChI=1S/C14H26O3/c1-5-7-8-9-10-16-13(6-2)11-17-14(15)12(3)4/h13H,3,5-11H2,1-2,4H3. The Bertz CT molecular complexity index is 224. The number of carbonyl (C=O) groups excluding carboxylic acids is 1. The van der Waals surface area contributed by atoms with Crippen LogP contribution in [-0.4, -0.2) is 25.3 Å². The Morgan fingerprint density at radius 1 is 1.24 bits per heavy atom. The topological polar surface area (TPSA) is 35.5 Å². The highest BCUT2D eigenvalue weighted by Crippen LogP contribution is 2.05. The van der Waals surface area contributed by atoms with E-state index in [2.05, 4.69) is 13.5 Å². The summed E-state index contributed by atoms with van der Waals surface area (Å²) in [5.74, 6) is -0.335. The predicted octanol–water partition coefficient (Wildman–Crippen LogP) is 3.48. The molecule has 1 unspecified atom stereocenters. The molecule has 0 heterocycles. The van der Waals surface area contributed by atoms with Crippen LogP contribution in [0.1, 0.15) is 52.9 Å². The minimum atomic E-state index is -0.335. The second kappa shape index (κ2) is 10.3. The lowest BCUT2D eigenvalue weighted by Gasteiger charge is -2.16. The Labute approximate surface area is 105 Å². The molecule has 0 fully saturated rings. The molecule has 0 radical (unpaired) electrons. The smallest absolute Gasteiger partial charge is 0.333 e. The Hall–Kier alpha value is -0.830. The van der Waals surface area contributed by atoms with Gasteiger partial charge in [-0.15, -0.1) is 0 Å². The third kappa shape index (κ3) is 8.93. The van der Waals surface area contributed by atoms with Gasteiger partial charge >= 0.3 is 5.97 Å². The summed E-state index contributed by atoms with van der Waals surface area (Å²) in [4.78, 5) is 11.2. The predicted molar refractivity (Wildman–Crippen MR) is 69.9 cm³/mol. The number of esters is 1. The van der Waals surface area contributed by atoms with Crippen LogP contribution in [0.2, 0.25) is 0 Å². The average Bonchev–Trinajstić information content (AvgIpc) is 2.32. The van der Waals surface area contributed by atoms with Crippen molar-refractivity contribution in [2.75, 3.05) is 13.2 Å². The first kappa shape index (κ1) is 16.2. The molecule has 0 aromatic rings. The van der Waals surface area contributed by atoms with Gasteiger partial charge in [0, 0.05) is 12.2 Å². The molecule has 0 saturated carbocycles. The summed E-state index contributed by atoms with van der Waals surface area (Å²) in [6.45, 7) is 10.5. The van der Waals surface area contributed by atoms with Gasteiger partial charge in [-0.1, -0.05) is 39.7 Å². The molecule has 17 heavy (non-hydrogen) atoms. The molecule has 0 aliphatic carbocycles. The summed E-state index contributed by atoms with van der Waals surface area (Å²) in [6.07, 6.45) is 5.65. The van der Waals surface area contributed by atoms with Crippen molar-refractivity contribution in [1.29, 1.82) is 0 Å². The Morgan fingerprint density at radius 3 is 2.47 bits per heavy atom. The summed E-state index contributed by atoms with van der Waals surface area (Å²) < 4.78 is 10.7. The third-order valence-electron chi connectivity index (χ3n) is 2.56. The van der Waals surface area contributed by atoms with Crippen molar-refractivity contribution >= 4 is 5.97 Å². The molecule has 3 heteroatoms. The van der Waals surface area contributed by atoms with E-state index in [1.54, 1.807) is 6.92 Å². The van der Waals surface area contributed by atoms with Crippen molar-refractivity contribution < 1.29 is 14.3 Å². The fourth-order valence-corrected chi connectivity index (χ4v) is 1.35. The number of rotatable bonds is 10. The number of carbonyl (C=O) groups is 1. The maximum atomic E-state index is 11.2. The zero-order chi connectivity index (χ0) is 13.1. The first-order valence-electron chi connectivity index (χ1n) is 6.56. The molecule has 1 atom stereocenters. The van der Waals surface area contributed by atoms with Crippen LogP contribution < -0.4 is 0 Å². The van der Waals surface area contributed by atoms with Crippen LogP contribution in [0.4, 0.5) is 0 Å². The van der Waals surface area contributed by atoms with E-state index in [-0.39, 0.29) is 12.1 Å². The molecular formula is C14H26O3. The molecule has 0 bridgehead atoms. The van der Waals surface area contributed by atoms with Gasteiger partial charge in [-0.2, -0.15) is 0 Å². The van der Waals surface area contributed by atoms with Crippen LogP contribution in [0.3, 0.4) is 0 Å². The number of hydrogen-bond donors (Lipinski definition) is 0. The van der Waals surface area contributed by atoms with E-state index < -0.39 is 0 Å². The summed E-state index contributed by atoms with van der Waals surface area (Å²) in [7, 11) is 0. The molecule has 0 amide bonds. The van der Waals surface area contributed by atoms with Crippen molar-refractivity contribution in [1.82, 2.24) is 0 Å². The first-order valence-corrected chi connectivity index (χ1v) is 6.56. The molecule has 0 N–H and O–H groups in total. The van der Waals surface area contributed by atoms with Crippen molar-refractivity contribution in [2.45, 2.75) is 59.0 Å². The third-order valence-corrected chi connectivity index (χ3v) is 2.56. The highest BCUT2D eigenvalue weighted by atomic mass is 16.6. The lowest BCUT2D eigenvalue weighted by Crippen LogP contribution is -2.22. The number of hydrogen-bond acceptors (Lipinski definition) is 3. The van der Waals surface area contributed by atoms with Gasteiger partial charge in [-0.3, -0.25) is 0 Å². The molecule has 0 aromatic heterocycles. The Kier molecular flexibility index (Phi) is 9.83. The van der Waals surface area contributed by atoms with Crippen LogP contribution >= 0.6 is 0 Å². The molecule has 0 aliphatic rings. The fourth-order valence-electron chi connectivity index (χ4n) is 1.35. The van der Waals surface area contributed by atoms with Crippen LogP contribution in [0.25, 0.3) is 0 Å². The quantitative estimate of drug-likeness (QED) is 0.334. The van der Waals surface area contributed by atoms with Crippen LogP contribution in [0, 0.1) is 0 Å². The second-order valence-electron chi connectivity index (χ2n) is 4.34. The maximum absolute atomic E-state index is 11.2. The molecule has 0 saturated heterocycles. The van der Waals surface area contributed by atoms with Crippen molar-refractivity contribution in [3.8, 4) is 0 Å². The van der Waals surface area contributed by atoms with Crippen LogP contribution in [-0.2, 0) is 14.3 Å². The molecule has 3 nitrogen and oxygen atoms in total. The number of ether oxygens (including phenoxy) is 2. The van der Waals surface area contributed by atoms with E-state index in [4.69, 9.17) is 9.47 Å².